The van der Waals surface area contributed by atoms with E-state index in [1.807, 2.05) is 47.3 Å². The lowest BCUT2D eigenvalue weighted by atomic mass is 9.85. The number of nitrogens with one attached hydrogen (secondary N) is 1. The molecule has 0 saturated carbocycles. The van der Waals surface area contributed by atoms with E-state index in [1.165, 1.54) is 5.56 Å². The van der Waals surface area contributed by atoms with Gasteiger partial charge in [-0.15, -0.1) is 5.10 Å². The van der Waals surface area contributed by atoms with Gasteiger partial charge in [-0.25, -0.2) is 0 Å². The molecular weight excluding hydrogens is 430 g/mol. The number of carbonyl (C=O) groups is 2. The third-order valence-electron chi connectivity index (χ3n) is 4.71. The molecule has 0 atom stereocenters. The zero-order valence-electron chi connectivity index (χ0n) is 18.4. The van der Waals surface area contributed by atoms with Gasteiger partial charge in [-0.2, -0.15) is 0 Å². The van der Waals surface area contributed by atoms with Gasteiger partial charge in [0.1, 0.15) is 5.69 Å². The quantitative estimate of drug-likeness (QED) is 0.468. The van der Waals surface area contributed by atoms with Gasteiger partial charge in [0.25, 0.3) is 0 Å². The van der Waals surface area contributed by atoms with Gasteiger partial charge in [-0.05, 0) is 42.0 Å². The third kappa shape index (κ3) is 7.70. The van der Waals surface area contributed by atoms with Crippen LogP contribution in [0.4, 0.5) is 5.69 Å². The van der Waals surface area contributed by atoms with Crippen molar-refractivity contribution in [2.24, 2.45) is 5.73 Å². The van der Waals surface area contributed by atoms with Crippen LogP contribution in [0.25, 0.3) is 0 Å². The predicted octanol–water partition coefficient (Wildman–Crippen LogP) is 4.10. The van der Waals surface area contributed by atoms with Crippen LogP contribution in [0.15, 0.2) is 54.7 Å². The second-order valence-electron chi connectivity index (χ2n) is 7.84. The zero-order valence-corrected chi connectivity index (χ0v) is 19.1. The third-order valence-corrected chi connectivity index (χ3v) is 4.97. The molecule has 0 saturated heterocycles. The van der Waals surface area contributed by atoms with Gasteiger partial charge in [0.15, 0.2) is 0 Å². The highest BCUT2D eigenvalue weighted by atomic mass is 35.5. The molecule has 2 aromatic carbocycles. The minimum absolute atomic E-state index is 0.104. The van der Waals surface area contributed by atoms with Crippen molar-refractivity contribution in [3.63, 3.8) is 0 Å². The molecule has 0 unspecified atom stereocenters. The van der Waals surface area contributed by atoms with Gasteiger partial charge in [0.05, 0.1) is 19.3 Å². The summed E-state index contributed by atoms with van der Waals surface area (Å²) in [6, 6.07) is 14.9. The molecule has 0 aliphatic carbocycles. The Bertz CT molecular complexity index is 1030. The fourth-order valence-electron chi connectivity index (χ4n) is 2.84. The summed E-state index contributed by atoms with van der Waals surface area (Å²) < 4.78 is 1.85. The maximum atomic E-state index is 11.1. The number of carboxylic acid groups (broad SMARTS) is 1. The van der Waals surface area contributed by atoms with E-state index in [0.29, 0.717) is 18.7 Å². The standard InChI is InChI=1S/C20H22ClN5O.C3H6O2/c1-20(2,15-5-7-16(21)8-6-15)13-26-12-18(24-25-26)11-23-17-9-3-14(4-10-17)19(22)27;1-2-3(4)5/h3-10,12,23H,11,13H2,1-2H3,(H2,22,27);2H2,1H3,(H,4,5). The summed E-state index contributed by atoms with van der Waals surface area (Å²) in [5.74, 6) is -1.18. The van der Waals surface area contributed by atoms with Crippen molar-refractivity contribution in [3.05, 3.63) is 76.6 Å². The van der Waals surface area contributed by atoms with E-state index in [1.54, 1.807) is 19.1 Å². The maximum absolute atomic E-state index is 11.1. The van der Waals surface area contributed by atoms with Crippen LogP contribution in [0.3, 0.4) is 0 Å². The van der Waals surface area contributed by atoms with Gasteiger partial charge < -0.3 is 16.2 Å². The Labute approximate surface area is 192 Å². The van der Waals surface area contributed by atoms with E-state index in [9.17, 15) is 9.59 Å². The van der Waals surface area contributed by atoms with E-state index >= 15 is 0 Å². The molecule has 0 fully saturated rings. The molecule has 0 bridgehead atoms. The Morgan fingerprint density at radius 1 is 1.12 bits per heavy atom. The Balaban J connectivity index is 0.000000654. The van der Waals surface area contributed by atoms with Gasteiger partial charge in [-0.3, -0.25) is 14.3 Å². The number of aromatic nitrogens is 3. The van der Waals surface area contributed by atoms with E-state index in [-0.39, 0.29) is 11.8 Å². The highest BCUT2D eigenvalue weighted by Crippen LogP contribution is 2.26. The summed E-state index contributed by atoms with van der Waals surface area (Å²) in [7, 11) is 0. The molecule has 3 rings (SSSR count). The smallest absolute Gasteiger partial charge is 0.303 e. The summed E-state index contributed by atoms with van der Waals surface area (Å²) in [5.41, 5.74) is 8.53. The average molecular weight is 458 g/mol. The van der Waals surface area contributed by atoms with E-state index in [0.717, 1.165) is 16.4 Å². The lowest BCUT2D eigenvalue weighted by Crippen LogP contribution is -2.24. The number of primary amides is 1. The molecule has 1 aromatic heterocycles. The Kier molecular flexibility index (Phi) is 8.78. The first-order valence-corrected chi connectivity index (χ1v) is 10.5. The first kappa shape index (κ1) is 24.9. The van der Waals surface area contributed by atoms with Crippen LogP contribution in [0.2, 0.25) is 5.02 Å². The number of halogens is 1. The Morgan fingerprint density at radius 3 is 2.25 bits per heavy atom. The molecule has 8 nitrogen and oxygen atoms in total. The number of nitrogens with two attached hydrogens (primary N) is 1. The lowest BCUT2D eigenvalue weighted by molar-refractivity contribution is -0.136. The van der Waals surface area contributed by atoms with Crippen molar-refractivity contribution in [2.45, 2.75) is 45.7 Å². The molecule has 9 heteroatoms. The van der Waals surface area contributed by atoms with Gasteiger partial charge in [0, 0.05) is 28.1 Å². The van der Waals surface area contributed by atoms with Crippen LogP contribution < -0.4 is 11.1 Å². The van der Waals surface area contributed by atoms with Crippen molar-refractivity contribution in [1.82, 2.24) is 15.0 Å². The number of carboxylic acids is 1. The second-order valence-corrected chi connectivity index (χ2v) is 8.28. The highest BCUT2D eigenvalue weighted by molar-refractivity contribution is 6.30. The van der Waals surface area contributed by atoms with Crippen molar-refractivity contribution in [3.8, 4) is 0 Å². The number of carbonyl (C=O) groups excluding carboxylic acids is 1. The number of rotatable bonds is 8. The number of anilines is 1. The largest absolute Gasteiger partial charge is 0.481 e. The number of hydrogen-bond acceptors (Lipinski definition) is 5. The molecular formula is C23H28ClN5O3. The Hall–Kier alpha value is -3.39. The van der Waals surface area contributed by atoms with Gasteiger partial charge in [-0.1, -0.05) is 49.7 Å². The zero-order chi connectivity index (χ0) is 23.7. The second kappa shape index (κ2) is 11.3. The number of benzene rings is 2. The minimum atomic E-state index is -0.745. The minimum Gasteiger partial charge on any atom is -0.481 e. The highest BCUT2D eigenvalue weighted by Gasteiger charge is 2.22. The molecule has 32 heavy (non-hydrogen) atoms. The summed E-state index contributed by atoms with van der Waals surface area (Å²) in [5, 5.41) is 20.2. The first-order valence-electron chi connectivity index (χ1n) is 10.1. The van der Waals surface area contributed by atoms with E-state index < -0.39 is 11.9 Å². The molecule has 4 N–H and O–H groups in total. The Morgan fingerprint density at radius 2 is 1.72 bits per heavy atom. The first-order chi connectivity index (χ1) is 15.1. The van der Waals surface area contributed by atoms with Crippen molar-refractivity contribution >= 4 is 29.2 Å². The van der Waals surface area contributed by atoms with Gasteiger partial charge in [0.2, 0.25) is 5.91 Å². The van der Waals surface area contributed by atoms with E-state index in [2.05, 4.69) is 29.5 Å². The van der Waals surface area contributed by atoms with E-state index in [4.69, 9.17) is 22.4 Å². The van der Waals surface area contributed by atoms with Crippen LogP contribution in [0, 0.1) is 0 Å². The molecule has 0 radical (unpaired) electrons. The molecule has 1 heterocycles. The number of hydrogen-bond donors (Lipinski definition) is 3. The predicted molar refractivity (Wildman–Crippen MR) is 125 cm³/mol. The topological polar surface area (TPSA) is 123 Å². The molecule has 170 valence electrons. The molecule has 1 amide bonds. The molecule has 3 aromatic rings. The fourth-order valence-corrected chi connectivity index (χ4v) is 2.97. The maximum Gasteiger partial charge on any atom is 0.303 e. The van der Waals surface area contributed by atoms with Crippen molar-refractivity contribution < 1.29 is 14.7 Å². The van der Waals surface area contributed by atoms with Crippen molar-refractivity contribution in [2.75, 3.05) is 5.32 Å². The summed E-state index contributed by atoms with van der Waals surface area (Å²) in [6.45, 7) is 7.17. The van der Waals surface area contributed by atoms with Crippen LogP contribution in [-0.2, 0) is 23.3 Å². The van der Waals surface area contributed by atoms with Crippen LogP contribution in [0.5, 0.6) is 0 Å². The van der Waals surface area contributed by atoms with Crippen LogP contribution >= 0.6 is 11.6 Å². The number of aliphatic carboxylic acids is 1. The van der Waals surface area contributed by atoms with Gasteiger partial charge >= 0.3 is 5.97 Å². The summed E-state index contributed by atoms with van der Waals surface area (Å²) >= 11 is 5.98. The fraction of sp³-hybridized carbons (Fsp3) is 0.304. The van der Waals surface area contributed by atoms with Crippen molar-refractivity contribution in [1.29, 1.82) is 0 Å². The molecule has 0 spiro atoms. The van der Waals surface area contributed by atoms with Crippen LogP contribution in [-0.4, -0.2) is 32.0 Å². The lowest BCUT2D eigenvalue weighted by Gasteiger charge is -2.24. The normalized spacial score (nSPS) is 10.8. The SMILES string of the molecule is CC(C)(Cn1cc(CNc2ccc(C(N)=O)cc2)nn1)c1ccc(Cl)cc1.CCC(=O)O. The molecule has 0 aliphatic rings. The average Bonchev–Trinajstić information content (AvgIpc) is 3.19. The molecule has 0 aliphatic heterocycles. The van der Waals surface area contributed by atoms with Crippen LogP contribution in [0.1, 0.15) is 48.8 Å². The summed E-state index contributed by atoms with van der Waals surface area (Å²) in [4.78, 5) is 20.5. The monoisotopic (exact) mass is 457 g/mol. The number of nitrogens with zero attached hydrogens (tertiary/aromatic N) is 3. The summed E-state index contributed by atoms with van der Waals surface area (Å²) in [6.07, 6.45) is 2.16. The number of amides is 1.